The van der Waals surface area contributed by atoms with E-state index in [0.717, 1.165) is 47.5 Å². The lowest BCUT2D eigenvalue weighted by atomic mass is 9.90. The van der Waals surface area contributed by atoms with Crippen LogP contribution in [-0.4, -0.2) is 44.5 Å². The van der Waals surface area contributed by atoms with Crippen LogP contribution in [0.25, 0.3) is 0 Å². The number of carbonyl (C=O) groups is 1. The van der Waals surface area contributed by atoms with Crippen LogP contribution < -0.4 is 4.74 Å². The number of nitrogens with zero attached hydrogens (tertiary/aromatic N) is 3. The SMILES string of the molecule is COc1nc2c(cc1C(=O)N1Cc3[nH]cnc3C(c3cccc(O)c3)C1)CCC2. The summed E-state index contributed by atoms with van der Waals surface area (Å²) in [6.07, 6.45) is 4.60. The van der Waals surface area contributed by atoms with Crippen molar-refractivity contribution in [2.75, 3.05) is 13.7 Å². The number of ether oxygens (including phenoxy) is 1. The summed E-state index contributed by atoms with van der Waals surface area (Å²) in [6, 6.07) is 9.08. The standard InChI is InChI=1S/C22H22N4O3/c1-29-21-16(9-14-5-3-7-18(14)25-21)22(28)26-10-17(13-4-2-6-15(27)8-13)20-19(11-26)23-12-24-20/h2,4,6,8-9,12,17,27H,3,5,7,10-11H2,1H3,(H,23,24). The van der Waals surface area contributed by atoms with E-state index < -0.39 is 0 Å². The molecule has 1 aliphatic heterocycles. The van der Waals surface area contributed by atoms with Crippen molar-refractivity contribution in [3.05, 3.63) is 70.4 Å². The fourth-order valence-corrected chi connectivity index (χ4v) is 4.41. The number of aryl methyl sites for hydroxylation is 2. The lowest BCUT2D eigenvalue weighted by Gasteiger charge is -2.32. The molecule has 1 unspecified atom stereocenters. The zero-order valence-corrected chi connectivity index (χ0v) is 16.2. The molecule has 1 aromatic carbocycles. The van der Waals surface area contributed by atoms with Gasteiger partial charge in [-0.3, -0.25) is 4.79 Å². The van der Waals surface area contributed by atoms with Crippen molar-refractivity contribution in [2.24, 2.45) is 0 Å². The number of phenols is 1. The number of benzene rings is 1. The highest BCUT2D eigenvalue weighted by Crippen LogP contribution is 2.35. The number of phenolic OH excluding ortho intramolecular Hbond substituents is 1. The number of aromatic nitrogens is 3. The van der Waals surface area contributed by atoms with Crippen molar-refractivity contribution in [3.63, 3.8) is 0 Å². The van der Waals surface area contributed by atoms with Gasteiger partial charge in [-0.25, -0.2) is 9.97 Å². The number of carbonyl (C=O) groups excluding carboxylic acids is 1. The Morgan fingerprint density at radius 3 is 3.03 bits per heavy atom. The number of fused-ring (bicyclic) bond motifs is 2. The molecule has 2 aliphatic rings. The van der Waals surface area contributed by atoms with Crippen LogP contribution in [0, 0.1) is 0 Å². The molecule has 0 spiro atoms. The molecule has 3 heterocycles. The second-order valence-electron chi connectivity index (χ2n) is 7.60. The van der Waals surface area contributed by atoms with E-state index >= 15 is 0 Å². The van der Waals surface area contributed by atoms with Crippen molar-refractivity contribution in [2.45, 2.75) is 31.7 Å². The number of hydrogen-bond donors (Lipinski definition) is 2. The van der Waals surface area contributed by atoms with E-state index in [9.17, 15) is 9.90 Å². The molecule has 0 bridgehead atoms. The van der Waals surface area contributed by atoms with Crippen LogP contribution >= 0.6 is 0 Å². The fraction of sp³-hybridized carbons (Fsp3) is 0.318. The van der Waals surface area contributed by atoms with E-state index in [-0.39, 0.29) is 17.6 Å². The molecule has 0 fully saturated rings. The number of methoxy groups -OCH3 is 1. The first kappa shape index (κ1) is 17.7. The topological polar surface area (TPSA) is 91.3 Å². The number of nitrogens with one attached hydrogen (secondary N) is 1. The van der Waals surface area contributed by atoms with Gasteiger partial charge in [-0.1, -0.05) is 12.1 Å². The maximum absolute atomic E-state index is 13.5. The normalized spacial score (nSPS) is 17.7. The molecule has 0 saturated carbocycles. The molecule has 2 aromatic heterocycles. The van der Waals surface area contributed by atoms with Crippen LogP contribution in [0.15, 0.2) is 36.7 Å². The number of rotatable bonds is 3. The zero-order chi connectivity index (χ0) is 20.0. The molecule has 0 saturated heterocycles. The summed E-state index contributed by atoms with van der Waals surface area (Å²) in [5.74, 6) is 0.372. The Bertz CT molecular complexity index is 1090. The third-order valence-corrected chi connectivity index (χ3v) is 5.83. The Balaban J connectivity index is 1.52. The van der Waals surface area contributed by atoms with E-state index in [1.807, 2.05) is 18.2 Å². The second-order valence-corrected chi connectivity index (χ2v) is 7.60. The van der Waals surface area contributed by atoms with Crippen LogP contribution in [0.3, 0.4) is 0 Å². The van der Waals surface area contributed by atoms with Crippen molar-refractivity contribution in [1.82, 2.24) is 19.9 Å². The summed E-state index contributed by atoms with van der Waals surface area (Å²) in [7, 11) is 1.55. The maximum atomic E-state index is 13.5. The summed E-state index contributed by atoms with van der Waals surface area (Å²) in [4.78, 5) is 27.5. The number of amides is 1. The van der Waals surface area contributed by atoms with Crippen molar-refractivity contribution < 1.29 is 14.6 Å². The number of hydrogen-bond acceptors (Lipinski definition) is 5. The Morgan fingerprint density at radius 2 is 2.21 bits per heavy atom. The molecule has 1 atom stereocenters. The molecule has 148 valence electrons. The lowest BCUT2D eigenvalue weighted by Crippen LogP contribution is -2.39. The molecular formula is C22H22N4O3. The van der Waals surface area contributed by atoms with Gasteiger partial charge in [-0.2, -0.15) is 0 Å². The minimum atomic E-state index is -0.116. The van der Waals surface area contributed by atoms with E-state index in [1.165, 1.54) is 0 Å². The molecule has 2 N–H and O–H groups in total. The summed E-state index contributed by atoms with van der Waals surface area (Å²) in [5.41, 5.74) is 5.42. The van der Waals surface area contributed by atoms with Gasteiger partial charge in [-0.05, 0) is 48.6 Å². The predicted molar refractivity (Wildman–Crippen MR) is 106 cm³/mol. The number of pyridine rings is 1. The molecule has 1 aliphatic carbocycles. The Labute approximate surface area is 168 Å². The average Bonchev–Trinajstić information content (AvgIpc) is 3.40. The first-order valence-electron chi connectivity index (χ1n) is 9.81. The fourth-order valence-electron chi connectivity index (χ4n) is 4.41. The highest BCUT2D eigenvalue weighted by atomic mass is 16.5. The minimum Gasteiger partial charge on any atom is -0.508 e. The summed E-state index contributed by atoms with van der Waals surface area (Å²) < 4.78 is 5.45. The molecule has 1 amide bonds. The van der Waals surface area contributed by atoms with Gasteiger partial charge in [0.2, 0.25) is 5.88 Å². The van der Waals surface area contributed by atoms with Crippen LogP contribution in [0.1, 0.15) is 50.9 Å². The Kier molecular flexibility index (Phi) is 4.23. The number of aromatic hydroxyl groups is 1. The third-order valence-electron chi connectivity index (χ3n) is 5.83. The van der Waals surface area contributed by atoms with Gasteiger partial charge in [0, 0.05) is 18.2 Å². The van der Waals surface area contributed by atoms with E-state index in [4.69, 9.17) is 4.74 Å². The highest BCUT2D eigenvalue weighted by Gasteiger charge is 2.33. The average molecular weight is 390 g/mol. The zero-order valence-electron chi connectivity index (χ0n) is 16.2. The summed E-state index contributed by atoms with van der Waals surface area (Å²) >= 11 is 0. The second kappa shape index (κ2) is 6.92. The molecule has 7 heteroatoms. The number of H-pyrrole nitrogens is 1. The molecule has 0 radical (unpaired) electrons. The van der Waals surface area contributed by atoms with Gasteiger partial charge in [-0.15, -0.1) is 0 Å². The highest BCUT2D eigenvalue weighted by molar-refractivity contribution is 5.97. The minimum absolute atomic E-state index is 0.102. The lowest BCUT2D eigenvalue weighted by molar-refractivity contribution is 0.0717. The Hall–Kier alpha value is -3.35. The van der Waals surface area contributed by atoms with Gasteiger partial charge >= 0.3 is 0 Å². The maximum Gasteiger partial charge on any atom is 0.259 e. The molecule has 5 rings (SSSR count). The Morgan fingerprint density at radius 1 is 1.31 bits per heavy atom. The summed E-state index contributed by atoms with van der Waals surface area (Å²) in [5, 5.41) is 9.92. The smallest absolute Gasteiger partial charge is 0.259 e. The van der Waals surface area contributed by atoms with Crippen LogP contribution in [0.4, 0.5) is 0 Å². The molecule has 7 nitrogen and oxygen atoms in total. The molecular weight excluding hydrogens is 368 g/mol. The first-order valence-corrected chi connectivity index (χ1v) is 9.81. The van der Waals surface area contributed by atoms with Gasteiger partial charge in [0.25, 0.3) is 5.91 Å². The van der Waals surface area contributed by atoms with Crippen LogP contribution in [0.5, 0.6) is 11.6 Å². The molecule has 29 heavy (non-hydrogen) atoms. The van der Waals surface area contributed by atoms with Gasteiger partial charge in [0.1, 0.15) is 11.3 Å². The van der Waals surface area contributed by atoms with Gasteiger partial charge in [0.15, 0.2) is 0 Å². The molecule has 3 aromatic rings. The first-order chi connectivity index (χ1) is 14.1. The van der Waals surface area contributed by atoms with E-state index in [2.05, 4.69) is 15.0 Å². The number of imidazole rings is 1. The summed E-state index contributed by atoms with van der Waals surface area (Å²) in [6.45, 7) is 0.921. The van der Waals surface area contributed by atoms with Crippen molar-refractivity contribution in [3.8, 4) is 11.6 Å². The van der Waals surface area contributed by atoms with E-state index in [0.29, 0.717) is 24.5 Å². The van der Waals surface area contributed by atoms with Crippen LogP contribution in [-0.2, 0) is 19.4 Å². The monoisotopic (exact) mass is 390 g/mol. The third kappa shape index (κ3) is 3.03. The van der Waals surface area contributed by atoms with Crippen LogP contribution in [0.2, 0.25) is 0 Å². The van der Waals surface area contributed by atoms with Gasteiger partial charge in [0.05, 0.1) is 31.4 Å². The quantitative estimate of drug-likeness (QED) is 0.718. The van der Waals surface area contributed by atoms with Crippen molar-refractivity contribution >= 4 is 5.91 Å². The van der Waals surface area contributed by atoms with Crippen molar-refractivity contribution in [1.29, 1.82) is 0 Å². The predicted octanol–water partition coefficient (Wildman–Crippen LogP) is 2.80. The number of aromatic amines is 1. The van der Waals surface area contributed by atoms with E-state index in [1.54, 1.807) is 30.5 Å². The largest absolute Gasteiger partial charge is 0.508 e. The van der Waals surface area contributed by atoms with Gasteiger partial charge < -0.3 is 19.7 Å².